The lowest BCUT2D eigenvalue weighted by Gasteiger charge is -2.20. The van der Waals surface area contributed by atoms with Crippen molar-refractivity contribution in [1.29, 1.82) is 0 Å². The molecule has 4 atom stereocenters. The van der Waals surface area contributed by atoms with Gasteiger partial charge in [0.2, 0.25) is 0 Å². The number of carbonyl (C=O) groups excluding carboxylic acids is 1. The Balaban J connectivity index is 1.85. The summed E-state index contributed by atoms with van der Waals surface area (Å²) in [4.78, 5) is 24.8. The zero-order valence-corrected chi connectivity index (χ0v) is 17.9. The number of nitrogens with zero attached hydrogens (tertiary/aromatic N) is 4. The van der Waals surface area contributed by atoms with E-state index in [1.165, 1.54) is 12.7 Å². The summed E-state index contributed by atoms with van der Waals surface area (Å²) in [6.45, 7) is 10.3. The molecule has 30 heavy (non-hydrogen) atoms. The molecule has 0 radical (unpaired) electrons. The fourth-order valence-corrected chi connectivity index (χ4v) is 3.25. The predicted octanol–water partition coefficient (Wildman–Crippen LogP) is 1.87. The second kappa shape index (κ2) is 9.21. The zero-order valence-electron chi connectivity index (χ0n) is 17.9. The molecule has 11 heteroatoms. The summed E-state index contributed by atoms with van der Waals surface area (Å²) in [5.74, 6) is 0.202. The first kappa shape index (κ1) is 22.3. The Labute approximate surface area is 174 Å². The van der Waals surface area contributed by atoms with E-state index in [9.17, 15) is 9.90 Å². The lowest BCUT2D eigenvalue weighted by molar-refractivity contribution is -0.0726. The number of rotatable bonds is 7. The van der Waals surface area contributed by atoms with Crippen LogP contribution >= 0.6 is 0 Å². The van der Waals surface area contributed by atoms with Gasteiger partial charge in [-0.2, -0.15) is 0 Å². The van der Waals surface area contributed by atoms with Gasteiger partial charge in [0.1, 0.15) is 30.2 Å². The molecule has 3 heterocycles. The molecular formula is C19H29N5O6. The van der Waals surface area contributed by atoms with Crippen LogP contribution in [0.4, 0.5) is 10.6 Å². The maximum Gasteiger partial charge on any atom is 0.413 e. The van der Waals surface area contributed by atoms with Crippen molar-refractivity contribution in [2.24, 2.45) is 0 Å². The molecule has 1 amide bonds. The minimum Gasteiger partial charge on any atom is -0.444 e. The largest absolute Gasteiger partial charge is 0.444 e. The topological polar surface area (TPSA) is 130 Å². The molecule has 1 saturated heterocycles. The number of anilines is 1. The highest BCUT2D eigenvalue weighted by atomic mass is 16.6. The fraction of sp³-hybridized carbons (Fsp3) is 0.684. The summed E-state index contributed by atoms with van der Waals surface area (Å²) in [6, 6.07) is 0. The number of carbonyl (C=O) groups is 1. The van der Waals surface area contributed by atoms with Gasteiger partial charge in [0.25, 0.3) is 0 Å². The van der Waals surface area contributed by atoms with Crippen LogP contribution in [0.2, 0.25) is 0 Å². The second-order valence-electron chi connectivity index (χ2n) is 7.81. The maximum absolute atomic E-state index is 12.1. The summed E-state index contributed by atoms with van der Waals surface area (Å²) in [5, 5.41) is 13.4. The normalized spacial score (nSPS) is 24.3. The first-order valence-electron chi connectivity index (χ1n) is 9.95. The first-order valence-corrected chi connectivity index (χ1v) is 9.95. The van der Waals surface area contributed by atoms with E-state index in [2.05, 4.69) is 20.3 Å². The maximum atomic E-state index is 12.1. The van der Waals surface area contributed by atoms with Crippen LogP contribution < -0.4 is 5.32 Å². The molecule has 2 N–H and O–H groups in total. The van der Waals surface area contributed by atoms with Gasteiger partial charge >= 0.3 is 6.09 Å². The molecule has 1 unspecified atom stereocenters. The van der Waals surface area contributed by atoms with E-state index >= 15 is 0 Å². The van der Waals surface area contributed by atoms with Crippen LogP contribution in [0.25, 0.3) is 11.2 Å². The zero-order chi connectivity index (χ0) is 21.9. The van der Waals surface area contributed by atoms with Gasteiger partial charge in [-0.05, 0) is 34.6 Å². The Kier molecular flexibility index (Phi) is 6.86. The Morgan fingerprint density at radius 3 is 2.70 bits per heavy atom. The highest BCUT2D eigenvalue weighted by Crippen LogP contribution is 2.34. The third kappa shape index (κ3) is 4.86. The number of nitrogens with one attached hydrogen (secondary N) is 1. The minimum atomic E-state index is -0.954. The molecule has 0 aromatic carbocycles. The van der Waals surface area contributed by atoms with Gasteiger partial charge in [0, 0.05) is 13.2 Å². The van der Waals surface area contributed by atoms with Crippen molar-refractivity contribution in [3.05, 3.63) is 12.7 Å². The Bertz CT molecular complexity index is 867. The van der Waals surface area contributed by atoms with Crippen molar-refractivity contribution in [2.45, 2.75) is 64.8 Å². The van der Waals surface area contributed by atoms with E-state index in [-0.39, 0.29) is 5.82 Å². The molecule has 1 fully saturated rings. The van der Waals surface area contributed by atoms with E-state index in [1.54, 1.807) is 25.3 Å². The second-order valence-corrected chi connectivity index (χ2v) is 7.81. The number of ether oxygens (including phenoxy) is 4. The van der Waals surface area contributed by atoms with Gasteiger partial charge in [0.15, 0.2) is 23.2 Å². The highest BCUT2D eigenvalue weighted by molar-refractivity contribution is 5.93. The number of amides is 1. The Hall–Kier alpha value is -2.34. The molecule has 0 saturated carbocycles. The third-order valence-electron chi connectivity index (χ3n) is 4.41. The van der Waals surface area contributed by atoms with Crippen molar-refractivity contribution in [3.63, 3.8) is 0 Å². The lowest BCUT2D eigenvalue weighted by atomic mass is 10.1. The molecule has 166 valence electrons. The molecule has 0 spiro atoms. The van der Waals surface area contributed by atoms with Crippen LogP contribution in [0.5, 0.6) is 0 Å². The first-order chi connectivity index (χ1) is 14.2. The van der Waals surface area contributed by atoms with E-state index in [0.717, 1.165) is 0 Å². The number of hydrogen-bond acceptors (Lipinski definition) is 9. The highest BCUT2D eigenvalue weighted by Gasteiger charge is 2.46. The van der Waals surface area contributed by atoms with Crippen LogP contribution in [-0.4, -0.2) is 74.5 Å². The summed E-state index contributed by atoms with van der Waals surface area (Å²) >= 11 is 0. The molecule has 0 aliphatic carbocycles. The smallest absolute Gasteiger partial charge is 0.413 e. The van der Waals surface area contributed by atoms with Crippen LogP contribution in [0.3, 0.4) is 0 Å². The van der Waals surface area contributed by atoms with E-state index in [0.29, 0.717) is 31.0 Å². The minimum absolute atomic E-state index is 0.202. The molecule has 3 rings (SSSR count). The molecule has 1 aliphatic heterocycles. The molecular weight excluding hydrogens is 394 g/mol. The Morgan fingerprint density at radius 1 is 1.27 bits per heavy atom. The summed E-state index contributed by atoms with van der Waals surface area (Å²) < 4.78 is 24.1. The standard InChI is InChI=1S/C19H29N5O6/c1-6-27-8-11-14(28-7-2)13(25)17(29-11)24-10-22-12-15(20-9-21-16(12)24)23-18(26)30-19(3,4)5/h9-11,13-14,17,25H,6-8H2,1-5H3,(H,20,21,23,26)/t11-,13?,14+,17-/m1/s1. The monoisotopic (exact) mass is 423 g/mol. The molecule has 11 nitrogen and oxygen atoms in total. The predicted molar refractivity (Wildman–Crippen MR) is 107 cm³/mol. The third-order valence-corrected chi connectivity index (χ3v) is 4.41. The SMILES string of the molecule is CCOC[C@H]1O[C@@H](n2cnc3c(NC(=O)OC(C)(C)C)ncnc32)C(O)[C@H]1OCC. The van der Waals surface area contributed by atoms with Crippen molar-refractivity contribution >= 4 is 23.1 Å². The van der Waals surface area contributed by atoms with E-state index in [4.69, 9.17) is 18.9 Å². The summed E-state index contributed by atoms with van der Waals surface area (Å²) in [5.41, 5.74) is 0.0918. The van der Waals surface area contributed by atoms with Crippen LogP contribution in [0.1, 0.15) is 40.8 Å². The van der Waals surface area contributed by atoms with Gasteiger partial charge in [-0.3, -0.25) is 9.88 Å². The van der Waals surface area contributed by atoms with Gasteiger partial charge in [-0.1, -0.05) is 0 Å². The molecule has 1 aliphatic rings. The van der Waals surface area contributed by atoms with Crippen LogP contribution in [0, 0.1) is 0 Å². The van der Waals surface area contributed by atoms with Gasteiger partial charge in [-0.15, -0.1) is 0 Å². The molecule has 2 aromatic rings. The molecule has 2 aromatic heterocycles. The van der Waals surface area contributed by atoms with Gasteiger partial charge in [0.05, 0.1) is 12.9 Å². The number of aromatic nitrogens is 4. The van der Waals surface area contributed by atoms with Crippen LogP contribution in [0.15, 0.2) is 12.7 Å². The number of aliphatic hydroxyl groups excluding tert-OH is 1. The molecule has 0 bridgehead atoms. The Morgan fingerprint density at radius 2 is 2.03 bits per heavy atom. The summed E-state index contributed by atoms with van der Waals surface area (Å²) in [6.07, 6.45) is -0.589. The van der Waals surface area contributed by atoms with E-state index in [1.807, 2.05) is 13.8 Å². The van der Waals surface area contributed by atoms with Crippen molar-refractivity contribution in [3.8, 4) is 0 Å². The van der Waals surface area contributed by atoms with Gasteiger partial charge < -0.3 is 24.1 Å². The van der Waals surface area contributed by atoms with Crippen molar-refractivity contribution in [1.82, 2.24) is 19.5 Å². The van der Waals surface area contributed by atoms with E-state index < -0.39 is 36.2 Å². The van der Waals surface area contributed by atoms with Crippen molar-refractivity contribution in [2.75, 3.05) is 25.1 Å². The lowest BCUT2D eigenvalue weighted by Crippen LogP contribution is -2.36. The average molecular weight is 423 g/mol. The fourth-order valence-electron chi connectivity index (χ4n) is 3.25. The number of fused-ring (bicyclic) bond motifs is 1. The van der Waals surface area contributed by atoms with Gasteiger partial charge in [-0.25, -0.2) is 19.7 Å². The number of aliphatic hydroxyl groups is 1. The van der Waals surface area contributed by atoms with Crippen LogP contribution in [-0.2, 0) is 18.9 Å². The van der Waals surface area contributed by atoms with Crippen molar-refractivity contribution < 1.29 is 28.8 Å². The number of imidazole rings is 1. The summed E-state index contributed by atoms with van der Waals surface area (Å²) in [7, 11) is 0. The average Bonchev–Trinajstić information content (AvgIpc) is 3.21. The quantitative estimate of drug-likeness (QED) is 0.685. The number of hydrogen-bond donors (Lipinski definition) is 2.